The topological polar surface area (TPSA) is 103 Å². The summed E-state index contributed by atoms with van der Waals surface area (Å²) in [4.78, 5) is 41.2. The molecule has 9 heteroatoms. The second-order valence-corrected chi connectivity index (χ2v) is 6.47. The van der Waals surface area contributed by atoms with Crippen molar-refractivity contribution in [1.82, 2.24) is 20.5 Å². The first kappa shape index (κ1) is 18.3. The predicted molar refractivity (Wildman–Crippen MR) is 92.3 cm³/mol. The number of likely N-dealkylation sites (tertiary alicyclic amines) is 1. The lowest BCUT2D eigenvalue weighted by Crippen LogP contribution is -2.47. The summed E-state index contributed by atoms with van der Waals surface area (Å²) < 4.78 is 0.839. The zero-order valence-corrected chi connectivity index (χ0v) is 14.9. The first-order valence-corrected chi connectivity index (χ1v) is 8.43. The predicted octanol–water partition coefficient (Wildman–Crippen LogP) is 0.950. The van der Waals surface area contributed by atoms with Gasteiger partial charge < -0.3 is 10.6 Å². The second kappa shape index (κ2) is 8.74. The Morgan fingerprint density at radius 1 is 1.38 bits per heavy atom. The van der Waals surface area contributed by atoms with Gasteiger partial charge in [-0.1, -0.05) is 0 Å². The number of carbonyl (C=O) groups excluding carboxylic acids is 3. The summed E-state index contributed by atoms with van der Waals surface area (Å²) in [6.07, 6.45) is 3.20. The van der Waals surface area contributed by atoms with Crippen molar-refractivity contribution in [1.29, 1.82) is 0 Å². The smallest absolute Gasteiger partial charge is 0.321 e. The first-order valence-electron chi connectivity index (χ1n) is 7.64. The Morgan fingerprint density at radius 3 is 2.83 bits per heavy atom. The third kappa shape index (κ3) is 5.57. The Bertz CT molecular complexity index is 608. The lowest BCUT2D eigenvalue weighted by atomic mass is 9.97. The Kier molecular flexibility index (Phi) is 6.68. The molecule has 1 unspecified atom stereocenters. The highest BCUT2D eigenvalue weighted by Crippen LogP contribution is 2.18. The van der Waals surface area contributed by atoms with Crippen LogP contribution in [0.1, 0.15) is 12.8 Å². The van der Waals surface area contributed by atoms with Crippen LogP contribution in [0.2, 0.25) is 0 Å². The van der Waals surface area contributed by atoms with E-state index in [0.717, 1.165) is 23.9 Å². The molecule has 3 N–H and O–H groups in total. The standard InChI is InChI=1S/C15H20BrN5O3/c1-17-15(24)20-13(22)9-21-6-2-3-10(8-21)14(23)19-12-5-4-11(16)7-18-12/h4-5,7,10H,2-3,6,8-9H2,1H3,(H,18,19,23)(H2,17,20,22,24). The van der Waals surface area contributed by atoms with E-state index in [4.69, 9.17) is 0 Å². The first-order chi connectivity index (χ1) is 11.5. The van der Waals surface area contributed by atoms with Gasteiger partial charge in [0.25, 0.3) is 0 Å². The highest BCUT2D eigenvalue weighted by Gasteiger charge is 2.27. The number of hydrogen-bond acceptors (Lipinski definition) is 5. The molecule has 1 aliphatic heterocycles. The van der Waals surface area contributed by atoms with Crippen molar-refractivity contribution < 1.29 is 14.4 Å². The number of hydrogen-bond donors (Lipinski definition) is 3. The van der Waals surface area contributed by atoms with Crippen LogP contribution < -0.4 is 16.0 Å². The van der Waals surface area contributed by atoms with Crippen molar-refractivity contribution in [3.8, 4) is 0 Å². The van der Waals surface area contributed by atoms with E-state index in [2.05, 4.69) is 36.9 Å². The Hall–Kier alpha value is -2.00. The normalized spacial score (nSPS) is 17.8. The minimum absolute atomic E-state index is 0.0910. The van der Waals surface area contributed by atoms with E-state index < -0.39 is 6.03 Å². The van der Waals surface area contributed by atoms with Crippen LogP contribution in [-0.4, -0.2) is 54.4 Å². The second-order valence-electron chi connectivity index (χ2n) is 5.55. The van der Waals surface area contributed by atoms with Gasteiger partial charge in [-0.2, -0.15) is 0 Å². The van der Waals surface area contributed by atoms with Crippen molar-refractivity contribution in [3.05, 3.63) is 22.8 Å². The monoisotopic (exact) mass is 397 g/mol. The van der Waals surface area contributed by atoms with Gasteiger partial charge in [0.2, 0.25) is 11.8 Å². The van der Waals surface area contributed by atoms with Gasteiger partial charge in [-0.25, -0.2) is 9.78 Å². The number of rotatable bonds is 4. The molecular weight excluding hydrogens is 378 g/mol. The van der Waals surface area contributed by atoms with E-state index in [0.29, 0.717) is 12.4 Å². The fraction of sp³-hybridized carbons (Fsp3) is 0.467. The molecule has 8 nitrogen and oxygen atoms in total. The molecule has 0 aliphatic carbocycles. The number of piperidine rings is 1. The van der Waals surface area contributed by atoms with Crippen molar-refractivity contribution in [2.75, 3.05) is 32.0 Å². The zero-order chi connectivity index (χ0) is 17.5. The number of imide groups is 1. The summed E-state index contributed by atoms with van der Waals surface area (Å²) in [5.74, 6) is -0.208. The lowest BCUT2D eigenvalue weighted by Gasteiger charge is -2.31. The molecule has 0 spiro atoms. The van der Waals surface area contributed by atoms with Crippen molar-refractivity contribution in [2.45, 2.75) is 12.8 Å². The Labute approximate surface area is 148 Å². The van der Waals surface area contributed by atoms with Gasteiger partial charge in [0.1, 0.15) is 5.82 Å². The summed E-state index contributed by atoms with van der Waals surface area (Å²) in [6, 6.07) is 2.99. The van der Waals surface area contributed by atoms with Crippen LogP contribution in [0.4, 0.5) is 10.6 Å². The number of carbonyl (C=O) groups is 3. The number of amides is 4. The summed E-state index contributed by atoms with van der Waals surface area (Å²) in [6.45, 7) is 1.29. The summed E-state index contributed by atoms with van der Waals surface area (Å²) in [5, 5.41) is 7.34. The third-order valence-corrected chi connectivity index (χ3v) is 4.17. The maximum absolute atomic E-state index is 12.4. The molecule has 2 rings (SSSR count). The van der Waals surface area contributed by atoms with E-state index in [9.17, 15) is 14.4 Å². The van der Waals surface area contributed by atoms with Crippen molar-refractivity contribution in [2.24, 2.45) is 5.92 Å². The van der Waals surface area contributed by atoms with Gasteiger partial charge in [-0.15, -0.1) is 0 Å². The van der Waals surface area contributed by atoms with Crippen LogP contribution in [-0.2, 0) is 9.59 Å². The molecule has 1 atom stereocenters. The number of urea groups is 1. The number of pyridine rings is 1. The van der Waals surface area contributed by atoms with Crippen LogP contribution >= 0.6 is 15.9 Å². The molecule has 2 heterocycles. The largest absolute Gasteiger partial charge is 0.341 e. The van der Waals surface area contributed by atoms with Gasteiger partial charge in [0.05, 0.1) is 12.5 Å². The molecule has 0 radical (unpaired) electrons. The van der Waals surface area contributed by atoms with Gasteiger partial charge in [-0.05, 0) is 47.4 Å². The van der Waals surface area contributed by atoms with Gasteiger partial charge in [0, 0.05) is 24.3 Å². The molecule has 0 bridgehead atoms. The molecular formula is C15H20BrN5O3. The fourth-order valence-electron chi connectivity index (χ4n) is 2.52. The number of nitrogens with one attached hydrogen (secondary N) is 3. The van der Waals surface area contributed by atoms with E-state index in [-0.39, 0.29) is 24.3 Å². The molecule has 1 aliphatic rings. The highest BCUT2D eigenvalue weighted by molar-refractivity contribution is 9.10. The van der Waals surface area contributed by atoms with E-state index in [1.54, 1.807) is 18.3 Å². The molecule has 0 aromatic carbocycles. The third-order valence-electron chi connectivity index (χ3n) is 3.70. The van der Waals surface area contributed by atoms with Crippen molar-refractivity contribution >= 4 is 39.6 Å². The van der Waals surface area contributed by atoms with Gasteiger partial charge >= 0.3 is 6.03 Å². The number of aromatic nitrogens is 1. The number of anilines is 1. The van der Waals surface area contributed by atoms with Gasteiger partial charge in [0.15, 0.2) is 0 Å². The van der Waals surface area contributed by atoms with Crippen LogP contribution in [0.15, 0.2) is 22.8 Å². The average Bonchev–Trinajstić information content (AvgIpc) is 2.57. The summed E-state index contributed by atoms with van der Waals surface area (Å²) in [5.41, 5.74) is 0. The number of halogens is 1. The van der Waals surface area contributed by atoms with Crippen molar-refractivity contribution in [3.63, 3.8) is 0 Å². The van der Waals surface area contributed by atoms with E-state index in [1.165, 1.54) is 7.05 Å². The minimum atomic E-state index is -0.535. The quantitative estimate of drug-likeness (QED) is 0.701. The zero-order valence-electron chi connectivity index (χ0n) is 13.3. The highest BCUT2D eigenvalue weighted by atomic mass is 79.9. The molecule has 1 aromatic heterocycles. The van der Waals surface area contributed by atoms with Crippen LogP contribution in [0, 0.1) is 5.92 Å². The summed E-state index contributed by atoms with van der Waals surface area (Å²) in [7, 11) is 1.44. The molecule has 4 amide bonds. The molecule has 24 heavy (non-hydrogen) atoms. The average molecular weight is 398 g/mol. The Morgan fingerprint density at radius 2 is 2.17 bits per heavy atom. The molecule has 130 valence electrons. The Balaban J connectivity index is 1.85. The van der Waals surface area contributed by atoms with Gasteiger partial charge in [-0.3, -0.25) is 19.8 Å². The minimum Gasteiger partial charge on any atom is -0.341 e. The number of nitrogens with zero attached hydrogens (tertiary/aromatic N) is 2. The summed E-state index contributed by atoms with van der Waals surface area (Å²) >= 11 is 3.29. The fourth-order valence-corrected chi connectivity index (χ4v) is 2.76. The molecule has 1 aromatic rings. The van der Waals surface area contributed by atoms with E-state index >= 15 is 0 Å². The van der Waals surface area contributed by atoms with Crippen LogP contribution in [0.25, 0.3) is 0 Å². The van der Waals surface area contributed by atoms with Crippen LogP contribution in [0.5, 0.6) is 0 Å². The SMILES string of the molecule is CNC(=O)NC(=O)CN1CCCC(C(=O)Nc2ccc(Br)cn2)C1. The lowest BCUT2D eigenvalue weighted by molar-refractivity contribution is -0.125. The molecule has 1 fully saturated rings. The maximum atomic E-state index is 12.4. The van der Waals surface area contributed by atoms with Crippen LogP contribution in [0.3, 0.4) is 0 Å². The maximum Gasteiger partial charge on any atom is 0.321 e. The van der Waals surface area contributed by atoms with E-state index in [1.807, 2.05) is 4.90 Å². The molecule has 0 saturated carbocycles. The molecule has 1 saturated heterocycles.